The summed E-state index contributed by atoms with van der Waals surface area (Å²) in [6.07, 6.45) is 3.29. The average Bonchev–Trinajstić information content (AvgIpc) is 3.49. The second kappa shape index (κ2) is 8.71. The van der Waals surface area contributed by atoms with Gasteiger partial charge in [-0.15, -0.1) is 10.6 Å². The van der Waals surface area contributed by atoms with Crippen LogP contribution in [0.15, 0.2) is 72.7 Å². The van der Waals surface area contributed by atoms with Crippen LogP contribution in [0.4, 0.5) is 5.69 Å². The van der Waals surface area contributed by atoms with Gasteiger partial charge in [0.2, 0.25) is 0 Å². The van der Waals surface area contributed by atoms with Crippen molar-refractivity contribution in [3.63, 3.8) is 0 Å². The average molecular weight is 485 g/mol. The zero-order valence-corrected chi connectivity index (χ0v) is 20.5. The highest BCUT2D eigenvalue weighted by atomic mass is 16.3. The van der Waals surface area contributed by atoms with Crippen LogP contribution in [0.5, 0.6) is 11.5 Å². The number of aromatic hydroxyl groups is 2. The normalized spacial score (nSPS) is 14.9. The summed E-state index contributed by atoms with van der Waals surface area (Å²) in [4.78, 5) is 0. The second-order valence-electron chi connectivity index (χ2n) is 9.17. The van der Waals surface area contributed by atoms with Crippen molar-refractivity contribution < 1.29 is 15.3 Å². The minimum atomic E-state index is -1.73. The van der Waals surface area contributed by atoms with Crippen LogP contribution in [0, 0.1) is 27.7 Å². The van der Waals surface area contributed by atoms with Crippen LogP contribution in [-0.2, 0) is 5.60 Å². The van der Waals surface area contributed by atoms with E-state index in [2.05, 4.69) is 21.3 Å². The van der Waals surface area contributed by atoms with E-state index in [-0.39, 0.29) is 17.2 Å². The van der Waals surface area contributed by atoms with Crippen LogP contribution < -0.4 is 16.0 Å². The van der Waals surface area contributed by atoms with E-state index in [1.165, 1.54) is 4.68 Å². The lowest BCUT2D eigenvalue weighted by Gasteiger charge is -2.28. The van der Waals surface area contributed by atoms with Gasteiger partial charge in [0.25, 0.3) is 0 Å². The quantitative estimate of drug-likeness (QED) is 0.292. The molecular formula is C27H28N6O3. The molecule has 0 fully saturated rings. The Hall–Kier alpha value is -4.34. The Morgan fingerprint density at radius 1 is 0.833 bits per heavy atom. The molecule has 0 amide bonds. The Morgan fingerprint density at radius 2 is 1.44 bits per heavy atom. The molecule has 9 heteroatoms. The number of anilines is 1. The number of nitrogens with zero attached hydrogens (tertiary/aromatic N) is 4. The van der Waals surface area contributed by atoms with Crippen LogP contribution in [0.25, 0.3) is 5.69 Å². The SMILES string of the molecule is Cc1cc(C)cc(C(O)(C2=CN(c3c(C)cccc3O)NN2)c2cn(-c3c(C)cccc3O)nn2)c1. The molecule has 3 aromatic carbocycles. The maximum absolute atomic E-state index is 12.4. The number of hydrogen-bond acceptors (Lipinski definition) is 8. The third-order valence-corrected chi connectivity index (χ3v) is 6.37. The topological polar surface area (TPSA) is 119 Å². The van der Waals surface area contributed by atoms with E-state index in [0.29, 0.717) is 22.6 Å². The van der Waals surface area contributed by atoms with Crippen molar-refractivity contribution >= 4 is 5.69 Å². The first kappa shape index (κ1) is 23.4. The van der Waals surface area contributed by atoms with Gasteiger partial charge in [-0.1, -0.05) is 58.8 Å². The molecule has 0 bridgehead atoms. The highest BCUT2D eigenvalue weighted by Gasteiger charge is 2.42. The summed E-state index contributed by atoms with van der Waals surface area (Å²) < 4.78 is 1.46. The van der Waals surface area contributed by atoms with Crippen LogP contribution in [0.1, 0.15) is 33.5 Å². The third-order valence-electron chi connectivity index (χ3n) is 6.37. The van der Waals surface area contributed by atoms with E-state index in [9.17, 15) is 15.3 Å². The van der Waals surface area contributed by atoms with Gasteiger partial charge in [-0.25, -0.2) is 4.68 Å². The lowest BCUT2D eigenvalue weighted by molar-refractivity contribution is 0.108. The summed E-state index contributed by atoms with van der Waals surface area (Å²) in [5.74, 6) is 0.153. The fourth-order valence-corrected chi connectivity index (χ4v) is 4.68. The Balaban J connectivity index is 1.67. The van der Waals surface area contributed by atoms with E-state index >= 15 is 0 Å². The number of para-hydroxylation sites is 2. The molecule has 1 aliphatic rings. The molecule has 1 unspecified atom stereocenters. The molecule has 1 aromatic heterocycles. The summed E-state index contributed by atoms with van der Waals surface area (Å²) in [6, 6.07) is 16.3. The van der Waals surface area contributed by atoms with Gasteiger partial charge in [0.15, 0.2) is 5.60 Å². The van der Waals surface area contributed by atoms with Gasteiger partial charge in [0.05, 0.1) is 11.9 Å². The molecule has 4 aromatic rings. The van der Waals surface area contributed by atoms with Gasteiger partial charge in [0.1, 0.15) is 28.6 Å². The van der Waals surface area contributed by atoms with Crippen LogP contribution in [-0.4, -0.2) is 30.3 Å². The largest absolute Gasteiger partial charge is 0.506 e. The number of phenols is 2. The standard InChI is InChI=1S/C27H28N6O3/c1-16-11-17(2)13-20(12-16)27(36,23-14-32(30-28-23)25-18(3)7-5-9-21(25)34)24-15-33(31-29-24)26-19(4)8-6-10-22(26)35/h5-15,28,30,34-36H,1-4H3. The lowest BCUT2D eigenvalue weighted by Crippen LogP contribution is -2.42. The fourth-order valence-electron chi connectivity index (χ4n) is 4.68. The van der Waals surface area contributed by atoms with Gasteiger partial charge in [0, 0.05) is 6.20 Å². The van der Waals surface area contributed by atoms with Crippen molar-refractivity contribution in [2.24, 2.45) is 0 Å². The van der Waals surface area contributed by atoms with Crippen molar-refractivity contribution in [1.82, 2.24) is 26.0 Å². The van der Waals surface area contributed by atoms with E-state index in [1.54, 1.807) is 41.7 Å². The maximum atomic E-state index is 12.4. The first-order chi connectivity index (χ1) is 17.2. The first-order valence-corrected chi connectivity index (χ1v) is 11.5. The van der Waals surface area contributed by atoms with Crippen molar-refractivity contribution in [1.29, 1.82) is 0 Å². The highest BCUT2D eigenvalue weighted by molar-refractivity contribution is 5.65. The fraction of sp³-hybridized carbons (Fsp3) is 0.185. The molecule has 0 spiro atoms. The van der Waals surface area contributed by atoms with Gasteiger partial charge in [-0.2, -0.15) is 0 Å². The number of hydrogen-bond donors (Lipinski definition) is 5. The number of rotatable bonds is 5. The zero-order chi connectivity index (χ0) is 25.6. The number of aliphatic hydroxyl groups is 1. The zero-order valence-electron chi connectivity index (χ0n) is 20.5. The highest BCUT2D eigenvalue weighted by Crippen LogP contribution is 2.39. The smallest absolute Gasteiger partial charge is 0.178 e. The van der Waals surface area contributed by atoms with Crippen LogP contribution >= 0.6 is 0 Å². The maximum Gasteiger partial charge on any atom is 0.178 e. The molecule has 9 nitrogen and oxygen atoms in total. The molecule has 36 heavy (non-hydrogen) atoms. The number of phenolic OH excluding ortho intramolecular Hbond substituents is 2. The summed E-state index contributed by atoms with van der Waals surface area (Å²) >= 11 is 0. The number of aromatic nitrogens is 3. The molecule has 5 rings (SSSR count). The summed E-state index contributed by atoms with van der Waals surface area (Å²) in [6.45, 7) is 7.68. The summed E-state index contributed by atoms with van der Waals surface area (Å²) in [5.41, 5.74) is 10.2. The third kappa shape index (κ3) is 3.84. The Bertz CT molecular complexity index is 1430. The molecule has 184 valence electrons. The number of nitrogens with one attached hydrogen (secondary N) is 2. The van der Waals surface area contributed by atoms with E-state index in [0.717, 1.165) is 22.3 Å². The molecule has 1 atom stereocenters. The lowest BCUT2D eigenvalue weighted by atomic mass is 9.86. The van der Waals surface area contributed by atoms with Crippen molar-refractivity contribution in [2.75, 3.05) is 5.01 Å². The van der Waals surface area contributed by atoms with Crippen LogP contribution in [0.2, 0.25) is 0 Å². The molecule has 2 heterocycles. The number of aryl methyl sites for hydroxylation is 4. The molecular weight excluding hydrogens is 456 g/mol. The minimum absolute atomic E-state index is 0.0578. The van der Waals surface area contributed by atoms with Crippen molar-refractivity contribution in [3.8, 4) is 17.2 Å². The predicted molar refractivity (Wildman–Crippen MR) is 136 cm³/mol. The Kier molecular flexibility index (Phi) is 5.66. The number of benzene rings is 3. The Labute approximate surface area is 208 Å². The number of hydrazine groups is 2. The molecule has 0 saturated heterocycles. The van der Waals surface area contributed by atoms with Crippen molar-refractivity contribution in [2.45, 2.75) is 33.3 Å². The van der Waals surface area contributed by atoms with E-state index in [1.807, 2.05) is 58.0 Å². The first-order valence-electron chi connectivity index (χ1n) is 11.5. The molecule has 5 N–H and O–H groups in total. The van der Waals surface area contributed by atoms with Gasteiger partial charge in [-0.05, 0) is 56.5 Å². The van der Waals surface area contributed by atoms with E-state index < -0.39 is 5.60 Å². The van der Waals surface area contributed by atoms with E-state index in [4.69, 9.17) is 0 Å². The summed E-state index contributed by atoms with van der Waals surface area (Å²) in [5, 5.41) is 43.5. The monoisotopic (exact) mass is 484 g/mol. The summed E-state index contributed by atoms with van der Waals surface area (Å²) in [7, 11) is 0. The molecule has 0 saturated carbocycles. The minimum Gasteiger partial charge on any atom is -0.506 e. The van der Waals surface area contributed by atoms with Crippen molar-refractivity contribution in [3.05, 3.63) is 106 Å². The molecule has 1 aliphatic heterocycles. The van der Waals surface area contributed by atoms with Gasteiger partial charge < -0.3 is 20.7 Å². The molecule has 0 radical (unpaired) electrons. The predicted octanol–water partition coefficient (Wildman–Crippen LogP) is 3.52. The molecule has 0 aliphatic carbocycles. The van der Waals surface area contributed by atoms with Crippen LogP contribution in [0.3, 0.4) is 0 Å². The van der Waals surface area contributed by atoms with Gasteiger partial charge >= 0.3 is 0 Å². The second-order valence-corrected chi connectivity index (χ2v) is 9.17. The Morgan fingerprint density at radius 3 is 2.06 bits per heavy atom. The van der Waals surface area contributed by atoms with Gasteiger partial charge in [-0.3, -0.25) is 5.01 Å².